The third-order valence-corrected chi connectivity index (χ3v) is 5.15. The second kappa shape index (κ2) is 9.70. The summed E-state index contributed by atoms with van der Waals surface area (Å²) in [5, 5.41) is 13.6. The van der Waals surface area contributed by atoms with Gasteiger partial charge in [-0.3, -0.25) is 5.43 Å². The van der Waals surface area contributed by atoms with Crippen molar-refractivity contribution < 1.29 is 0 Å². The maximum absolute atomic E-state index is 4.72. The molecule has 33 heavy (non-hydrogen) atoms. The second-order valence-electron chi connectivity index (χ2n) is 7.45. The summed E-state index contributed by atoms with van der Waals surface area (Å²) in [6, 6.07) is 37.8. The zero-order valence-electron chi connectivity index (χ0n) is 17.9. The molecule has 0 unspecified atom stereocenters. The lowest BCUT2D eigenvalue weighted by molar-refractivity contribution is 0.817. The van der Waals surface area contributed by atoms with Crippen LogP contribution in [0, 0.1) is 0 Å². The van der Waals surface area contributed by atoms with Crippen molar-refractivity contribution in [3.05, 3.63) is 126 Å². The predicted octanol–water partition coefficient (Wildman–Crippen LogP) is 6.64. The Hall–Kier alpha value is -4.58. The molecule has 0 atom stereocenters. The number of nitrogens with zero attached hydrogens (tertiary/aromatic N) is 5. The molecule has 0 aliphatic carbocycles. The van der Waals surface area contributed by atoms with Crippen molar-refractivity contribution in [3.8, 4) is 0 Å². The van der Waals surface area contributed by atoms with E-state index in [0.717, 1.165) is 22.3 Å². The monoisotopic (exact) mass is 430 g/mol. The molecule has 1 heterocycles. The van der Waals surface area contributed by atoms with Crippen LogP contribution in [0.25, 0.3) is 11.0 Å². The highest BCUT2D eigenvalue weighted by atomic mass is 15.4. The SMILES string of the molecule is c1ccc(Cn2c(N=NC(=NNc3ccccc3)c3ccccc3)nc3ccccc32)cc1. The number of hydrogen-bond acceptors (Lipinski definition) is 4. The van der Waals surface area contributed by atoms with Gasteiger partial charge in [0, 0.05) is 5.56 Å². The molecule has 0 saturated carbocycles. The van der Waals surface area contributed by atoms with E-state index >= 15 is 0 Å². The highest BCUT2D eigenvalue weighted by Gasteiger charge is 2.11. The molecule has 0 radical (unpaired) electrons. The van der Waals surface area contributed by atoms with Gasteiger partial charge in [-0.25, -0.2) is 4.98 Å². The number of fused-ring (bicyclic) bond motifs is 1. The minimum absolute atomic E-state index is 0.470. The first-order valence-corrected chi connectivity index (χ1v) is 10.7. The lowest BCUT2D eigenvalue weighted by atomic mass is 10.2. The first kappa shape index (κ1) is 20.3. The van der Waals surface area contributed by atoms with Gasteiger partial charge >= 0.3 is 0 Å². The molecule has 0 saturated heterocycles. The number of aromatic nitrogens is 2. The molecule has 0 fully saturated rings. The molecule has 0 bridgehead atoms. The number of anilines is 1. The van der Waals surface area contributed by atoms with Gasteiger partial charge in [-0.05, 0) is 29.8 Å². The van der Waals surface area contributed by atoms with Gasteiger partial charge in [0.2, 0.25) is 5.84 Å². The molecule has 0 aliphatic heterocycles. The Balaban J connectivity index is 1.52. The number of rotatable bonds is 6. The fourth-order valence-electron chi connectivity index (χ4n) is 3.52. The number of imidazole rings is 1. The Bertz CT molecular complexity index is 1390. The van der Waals surface area contributed by atoms with Gasteiger partial charge in [0.15, 0.2) is 0 Å². The highest BCUT2D eigenvalue weighted by Crippen LogP contribution is 2.24. The first-order valence-electron chi connectivity index (χ1n) is 10.7. The summed E-state index contributed by atoms with van der Waals surface area (Å²) in [4.78, 5) is 4.72. The third-order valence-electron chi connectivity index (χ3n) is 5.15. The summed E-state index contributed by atoms with van der Waals surface area (Å²) < 4.78 is 2.07. The first-order chi connectivity index (χ1) is 16.4. The van der Waals surface area contributed by atoms with Crippen LogP contribution in [0.2, 0.25) is 0 Å². The van der Waals surface area contributed by atoms with Gasteiger partial charge in [0.05, 0.1) is 23.3 Å². The molecule has 6 nitrogen and oxygen atoms in total. The van der Waals surface area contributed by atoms with Crippen molar-refractivity contribution in [1.82, 2.24) is 9.55 Å². The lowest BCUT2D eigenvalue weighted by Gasteiger charge is -2.07. The van der Waals surface area contributed by atoms with Crippen LogP contribution in [-0.2, 0) is 6.54 Å². The van der Waals surface area contributed by atoms with Crippen molar-refractivity contribution in [2.45, 2.75) is 6.54 Å². The maximum atomic E-state index is 4.72. The molecule has 160 valence electrons. The average Bonchev–Trinajstić information content (AvgIpc) is 3.23. The smallest absolute Gasteiger partial charge is 0.250 e. The zero-order chi connectivity index (χ0) is 22.3. The van der Waals surface area contributed by atoms with Crippen molar-refractivity contribution in [2.75, 3.05) is 5.43 Å². The van der Waals surface area contributed by atoms with Crippen LogP contribution in [0.4, 0.5) is 11.6 Å². The number of para-hydroxylation sites is 3. The van der Waals surface area contributed by atoms with Crippen molar-refractivity contribution in [3.63, 3.8) is 0 Å². The minimum Gasteiger partial charge on any atom is -0.303 e. The summed E-state index contributed by atoms with van der Waals surface area (Å²) in [5.41, 5.74) is 7.85. The van der Waals surface area contributed by atoms with Crippen LogP contribution in [0.15, 0.2) is 131 Å². The molecule has 5 rings (SSSR count). The van der Waals surface area contributed by atoms with Crippen LogP contribution in [0.1, 0.15) is 11.1 Å². The van der Waals surface area contributed by atoms with Gasteiger partial charge in [0.25, 0.3) is 5.95 Å². The Labute approximate surface area is 192 Å². The molecule has 4 aromatic carbocycles. The van der Waals surface area contributed by atoms with Crippen LogP contribution in [-0.4, -0.2) is 15.4 Å². The highest BCUT2D eigenvalue weighted by molar-refractivity contribution is 5.99. The zero-order valence-corrected chi connectivity index (χ0v) is 17.9. The van der Waals surface area contributed by atoms with Crippen LogP contribution >= 0.6 is 0 Å². The van der Waals surface area contributed by atoms with E-state index in [1.165, 1.54) is 5.56 Å². The van der Waals surface area contributed by atoms with Crippen LogP contribution in [0.3, 0.4) is 0 Å². The van der Waals surface area contributed by atoms with Gasteiger partial charge in [-0.2, -0.15) is 5.10 Å². The summed E-state index contributed by atoms with van der Waals surface area (Å²) in [5.74, 6) is 1.00. The van der Waals surface area contributed by atoms with E-state index in [2.05, 4.69) is 37.5 Å². The minimum atomic E-state index is 0.470. The number of benzene rings is 4. The second-order valence-corrected chi connectivity index (χ2v) is 7.45. The fourth-order valence-corrected chi connectivity index (χ4v) is 3.52. The molecular weight excluding hydrogens is 408 g/mol. The molecule has 6 heteroatoms. The molecule has 1 N–H and O–H groups in total. The fraction of sp³-hybridized carbons (Fsp3) is 0.0370. The van der Waals surface area contributed by atoms with Crippen LogP contribution in [0.5, 0.6) is 0 Å². The summed E-state index contributed by atoms with van der Waals surface area (Å²) >= 11 is 0. The molecule has 0 amide bonds. The summed E-state index contributed by atoms with van der Waals surface area (Å²) in [6.45, 7) is 0.649. The summed E-state index contributed by atoms with van der Waals surface area (Å²) in [6.07, 6.45) is 0. The van der Waals surface area contributed by atoms with E-state index in [4.69, 9.17) is 4.98 Å². The normalized spacial score (nSPS) is 11.8. The van der Waals surface area contributed by atoms with E-state index in [0.29, 0.717) is 18.3 Å². The topological polar surface area (TPSA) is 66.9 Å². The van der Waals surface area contributed by atoms with E-state index in [-0.39, 0.29) is 0 Å². The number of hydrazone groups is 1. The van der Waals surface area contributed by atoms with Crippen molar-refractivity contribution in [1.29, 1.82) is 0 Å². The van der Waals surface area contributed by atoms with Gasteiger partial charge < -0.3 is 4.57 Å². The van der Waals surface area contributed by atoms with Gasteiger partial charge in [-0.1, -0.05) is 91.0 Å². The van der Waals surface area contributed by atoms with Gasteiger partial charge in [-0.15, -0.1) is 10.2 Å². The standard InChI is InChI=1S/C27H22N6/c1-4-12-21(13-5-1)20-33-25-19-11-10-18-24(25)28-27(33)32-31-26(22-14-6-2-7-15-22)30-29-23-16-8-3-9-17-23/h1-19,29H,20H2. The number of hydrogen-bond donors (Lipinski definition) is 1. The number of nitrogens with one attached hydrogen (secondary N) is 1. The van der Waals surface area contributed by atoms with E-state index < -0.39 is 0 Å². The molecular formula is C27H22N6. The molecule has 0 spiro atoms. The Morgan fingerprint density at radius 1 is 0.727 bits per heavy atom. The van der Waals surface area contributed by atoms with Crippen molar-refractivity contribution in [2.24, 2.45) is 15.3 Å². The Morgan fingerprint density at radius 3 is 2.12 bits per heavy atom. The Morgan fingerprint density at radius 2 is 1.36 bits per heavy atom. The van der Waals surface area contributed by atoms with Crippen LogP contribution < -0.4 is 5.43 Å². The lowest BCUT2D eigenvalue weighted by Crippen LogP contribution is -2.02. The van der Waals surface area contributed by atoms with Crippen molar-refractivity contribution >= 4 is 28.5 Å². The van der Waals surface area contributed by atoms with E-state index in [9.17, 15) is 0 Å². The van der Waals surface area contributed by atoms with E-state index in [1.54, 1.807) is 0 Å². The number of amidine groups is 1. The third kappa shape index (κ3) is 4.85. The average molecular weight is 431 g/mol. The van der Waals surface area contributed by atoms with Gasteiger partial charge in [0.1, 0.15) is 0 Å². The molecule has 0 aliphatic rings. The maximum Gasteiger partial charge on any atom is 0.250 e. The summed E-state index contributed by atoms with van der Waals surface area (Å²) in [7, 11) is 0. The molecule has 5 aromatic rings. The largest absolute Gasteiger partial charge is 0.303 e. The Kier molecular flexibility index (Phi) is 5.98. The number of azo groups is 1. The predicted molar refractivity (Wildman–Crippen MR) is 133 cm³/mol. The van der Waals surface area contributed by atoms with E-state index in [1.807, 2.05) is 103 Å². The quantitative estimate of drug-likeness (QED) is 0.142. The molecule has 1 aromatic heterocycles.